The Morgan fingerprint density at radius 3 is 2.65 bits per heavy atom. The second kappa shape index (κ2) is 6.67. The van der Waals surface area contributed by atoms with Gasteiger partial charge >= 0.3 is 0 Å². The summed E-state index contributed by atoms with van der Waals surface area (Å²) in [5.41, 5.74) is 1.25. The van der Waals surface area contributed by atoms with Crippen molar-refractivity contribution < 1.29 is 14.6 Å². The summed E-state index contributed by atoms with van der Waals surface area (Å²) >= 11 is 0. The van der Waals surface area contributed by atoms with Gasteiger partial charge in [-0.05, 0) is 86.0 Å². The maximum atomic E-state index is 12.1. The number of nitrogens with one attached hydrogen (secondary N) is 1. The molecule has 2 N–H and O–H groups in total. The molecule has 0 aromatic rings. The van der Waals surface area contributed by atoms with Gasteiger partial charge in [0.25, 0.3) is 0 Å². The minimum absolute atomic E-state index is 0.0540. The Kier molecular flexibility index (Phi) is 4.49. The molecule has 0 amide bonds. The van der Waals surface area contributed by atoms with Gasteiger partial charge in [-0.1, -0.05) is 33.3 Å². The third-order valence-electron chi connectivity index (χ3n) is 11.6. The molecule has 2 saturated heterocycles. The predicted molar refractivity (Wildman–Crippen MR) is 120 cm³/mol. The van der Waals surface area contributed by atoms with Crippen molar-refractivity contribution >= 4 is 5.78 Å². The van der Waals surface area contributed by atoms with Crippen molar-refractivity contribution in [2.24, 2.45) is 46.3 Å². The molecule has 6 rings (SSSR count). The maximum Gasteiger partial charge on any atom is 0.155 e. The van der Waals surface area contributed by atoms with Crippen molar-refractivity contribution in [1.29, 1.82) is 0 Å². The van der Waals surface area contributed by atoms with Crippen molar-refractivity contribution in [3.63, 3.8) is 0 Å². The van der Waals surface area contributed by atoms with Gasteiger partial charge in [0.2, 0.25) is 0 Å². The highest BCUT2D eigenvalue weighted by Crippen LogP contribution is 2.70. The van der Waals surface area contributed by atoms with Crippen LogP contribution >= 0.6 is 0 Å². The summed E-state index contributed by atoms with van der Waals surface area (Å²) in [6.45, 7) is 10.6. The lowest BCUT2D eigenvalue weighted by Gasteiger charge is -2.60. The minimum atomic E-state index is -0.272. The van der Waals surface area contributed by atoms with E-state index in [0.717, 1.165) is 44.6 Å². The summed E-state index contributed by atoms with van der Waals surface area (Å²) in [5, 5.41) is 15.6. The molecule has 172 valence electrons. The smallest absolute Gasteiger partial charge is 0.155 e. The highest BCUT2D eigenvalue weighted by atomic mass is 16.5. The maximum absolute atomic E-state index is 12.1. The minimum Gasteiger partial charge on any atom is -0.393 e. The van der Waals surface area contributed by atoms with Crippen LogP contribution in [0.15, 0.2) is 11.6 Å². The molecule has 4 aliphatic carbocycles. The lowest BCUT2D eigenvalue weighted by molar-refractivity contribution is -0.149. The molecule has 0 aromatic heterocycles. The zero-order valence-electron chi connectivity index (χ0n) is 19.8. The van der Waals surface area contributed by atoms with Gasteiger partial charge in [0, 0.05) is 24.3 Å². The van der Waals surface area contributed by atoms with Crippen molar-refractivity contribution in [1.82, 2.24) is 5.32 Å². The second-order valence-electron chi connectivity index (χ2n) is 12.7. The summed E-state index contributed by atoms with van der Waals surface area (Å²) < 4.78 is 6.93. The first-order chi connectivity index (χ1) is 14.7. The van der Waals surface area contributed by atoms with Crippen molar-refractivity contribution in [2.45, 2.75) is 97.0 Å². The molecule has 4 nitrogen and oxygen atoms in total. The van der Waals surface area contributed by atoms with E-state index >= 15 is 0 Å². The fourth-order valence-electron chi connectivity index (χ4n) is 9.70. The molecule has 6 aliphatic rings. The number of ether oxygens (including phenoxy) is 1. The number of hydrogen-bond acceptors (Lipinski definition) is 4. The lowest BCUT2D eigenvalue weighted by Crippen LogP contribution is -2.59. The molecule has 31 heavy (non-hydrogen) atoms. The molecule has 0 aromatic carbocycles. The van der Waals surface area contributed by atoms with Crippen LogP contribution in [0.2, 0.25) is 0 Å². The van der Waals surface area contributed by atoms with E-state index in [-0.39, 0.29) is 28.8 Å². The van der Waals surface area contributed by atoms with E-state index in [0.29, 0.717) is 41.8 Å². The molecule has 2 heterocycles. The van der Waals surface area contributed by atoms with Crippen LogP contribution in [0.1, 0.15) is 79.1 Å². The Labute approximate surface area is 187 Å². The van der Waals surface area contributed by atoms with E-state index < -0.39 is 0 Å². The third-order valence-corrected chi connectivity index (χ3v) is 11.6. The van der Waals surface area contributed by atoms with Crippen LogP contribution < -0.4 is 5.32 Å². The van der Waals surface area contributed by atoms with E-state index in [1.165, 1.54) is 18.4 Å². The number of hydrogen-bond donors (Lipinski definition) is 2. The Hall–Kier alpha value is -0.710. The van der Waals surface area contributed by atoms with Crippen LogP contribution in [0.5, 0.6) is 0 Å². The van der Waals surface area contributed by atoms with Crippen LogP contribution in [-0.4, -0.2) is 35.4 Å². The second-order valence-corrected chi connectivity index (χ2v) is 12.7. The van der Waals surface area contributed by atoms with E-state index in [4.69, 9.17) is 4.74 Å². The number of aliphatic hydroxyl groups excluding tert-OH is 1. The molecule has 5 fully saturated rings. The number of carbonyl (C=O) groups excluding carboxylic acids is 1. The summed E-state index contributed by atoms with van der Waals surface area (Å²) in [6.07, 6.45) is 10.2. The molecule has 11 unspecified atom stereocenters. The molecule has 2 aliphatic heterocycles. The Morgan fingerprint density at radius 1 is 1.10 bits per heavy atom. The quantitative estimate of drug-likeness (QED) is 0.599. The fraction of sp³-hybridized carbons (Fsp3) is 0.889. The van der Waals surface area contributed by atoms with Gasteiger partial charge in [-0.25, -0.2) is 0 Å². The number of rotatable bonds is 0. The summed E-state index contributed by atoms with van der Waals surface area (Å²) in [7, 11) is 0. The zero-order valence-corrected chi connectivity index (χ0v) is 19.8. The molecule has 11 atom stereocenters. The first-order valence-corrected chi connectivity index (χ1v) is 13.0. The number of allylic oxidation sites excluding steroid dienone is 1. The average Bonchev–Trinajstić information content (AvgIpc) is 3.18. The number of aliphatic hydroxyl groups is 1. The van der Waals surface area contributed by atoms with Gasteiger partial charge in [-0.3, -0.25) is 10.1 Å². The molecule has 0 bridgehead atoms. The number of piperidine rings is 1. The monoisotopic (exact) mass is 427 g/mol. The number of fused-ring (bicyclic) bond motifs is 7. The number of ketones is 1. The van der Waals surface area contributed by atoms with Crippen LogP contribution in [0.25, 0.3) is 0 Å². The lowest BCUT2D eigenvalue weighted by atomic mass is 9.45. The largest absolute Gasteiger partial charge is 0.393 e. The van der Waals surface area contributed by atoms with Gasteiger partial charge in [-0.15, -0.1) is 0 Å². The molecular weight excluding hydrogens is 386 g/mol. The van der Waals surface area contributed by atoms with E-state index in [1.54, 1.807) is 0 Å². The van der Waals surface area contributed by atoms with E-state index in [9.17, 15) is 9.90 Å². The van der Waals surface area contributed by atoms with E-state index in [2.05, 4.69) is 33.0 Å². The SMILES string of the molecule is CC1CCC2(NC1)OC1CC3C4CCC5=CC(=O)CCC5(C)C4CC(O)C3(C)C1C2C. The van der Waals surface area contributed by atoms with Crippen LogP contribution in [-0.2, 0) is 9.53 Å². The topological polar surface area (TPSA) is 58.6 Å². The summed E-state index contributed by atoms with van der Waals surface area (Å²) in [5.74, 6) is 3.60. The molecule has 1 spiro atoms. The predicted octanol–water partition coefficient (Wildman–Crippen LogP) is 4.47. The molecule has 0 radical (unpaired) electrons. The highest BCUT2D eigenvalue weighted by molar-refractivity contribution is 5.91. The third kappa shape index (κ3) is 2.62. The highest BCUT2D eigenvalue weighted by Gasteiger charge is 2.70. The van der Waals surface area contributed by atoms with Gasteiger partial charge in [0.05, 0.1) is 12.2 Å². The van der Waals surface area contributed by atoms with Crippen molar-refractivity contribution in [3.05, 3.63) is 11.6 Å². The van der Waals surface area contributed by atoms with Crippen molar-refractivity contribution in [3.8, 4) is 0 Å². The first-order valence-electron chi connectivity index (χ1n) is 13.0. The van der Waals surface area contributed by atoms with Crippen LogP contribution in [0.3, 0.4) is 0 Å². The first kappa shape index (κ1) is 20.9. The zero-order chi connectivity index (χ0) is 21.8. The Bertz CT molecular complexity index is 813. The average molecular weight is 428 g/mol. The van der Waals surface area contributed by atoms with Gasteiger partial charge in [0.15, 0.2) is 5.78 Å². The fourth-order valence-corrected chi connectivity index (χ4v) is 9.70. The normalized spacial score (nSPS) is 58.4. The summed E-state index contributed by atoms with van der Waals surface area (Å²) in [6, 6.07) is 0. The Morgan fingerprint density at radius 2 is 1.90 bits per heavy atom. The van der Waals surface area contributed by atoms with Crippen LogP contribution in [0.4, 0.5) is 0 Å². The van der Waals surface area contributed by atoms with Crippen molar-refractivity contribution in [2.75, 3.05) is 6.54 Å². The summed E-state index contributed by atoms with van der Waals surface area (Å²) in [4.78, 5) is 12.1. The molecule has 4 heteroatoms. The number of carbonyl (C=O) groups is 1. The van der Waals surface area contributed by atoms with E-state index in [1.807, 2.05) is 6.08 Å². The Balaban J connectivity index is 1.32. The van der Waals surface area contributed by atoms with Crippen LogP contribution in [0, 0.1) is 46.3 Å². The molecular formula is C27H41NO3. The van der Waals surface area contributed by atoms with Gasteiger partial charge < -0.3 is 9.84 Å². The van der Waals surface area contributed by atoms with Gasteiger partial charge in [0.1, 0.15) is 5.72 Å². The van der Waals surface area contributed by atoms with Gasteiger partial charge in [-0.2, -0.15) is 0 Å². The standard InChI is InChI=1S/C27H41NO3/c1-15-7-10-27(28-14-15)16(2)24-22(31-27)12-21-19-6-5-17-11-18(29)8-9-25(17,3)20(19)13-23(30)26(21,24)4/h11,15-16,19-24,28,30H,5-10,12-14H2,1-4H3. The molecule has 3 saturated carbocycles.